The molecule has 116 valence electrons. The zero-order valence-corrected chi connectivity index (χ0v) is 13.2. The van der Waals surface area contributed by atoms with Gasteiger partial charge in [0.15, 0.2) is 0 Å². The monoisotopic (exact) mass is 288 g/mol. The van der Waals surface area contributed by atoms with Crippen molar-refractivity contribution in [3.8, 4) is 0 Å². The molecule has 4 rings (SSSR count). The maximum absolute atomic E-state index is 9.87. The first kappa shape index (κ1) is 14.0. The normalized spacial score (nSPS) is 46.4. The molecule has 3 aliphatic carbocycles. The molecule has 0 aromatic rings. The van der Waals surface area contributed by atoms with E-state index < -0.39 is 0 Å². The molecule has 2 saturated carbocycles. The third-order valence-corrected chi connectivity index (χ3v) is 6.68. The number of ether oxygens (including phenoxy) is 1. The lowest BCUT2D eigenvalue weighted by Gasteiger charge is -2.52. The van der Waals surface area contributed by atoms with Gasteiger partial charge in [0, 0.05) is 6.61 Å². The third-order valence-electron chi connectivity index (χ3n) is 6.68. The Morgan fingerprint density at radius 2 is 2.19 bits per heavy atom. The van der Waals surface area contributed by atoms with Crippen LogP contribution >= 0.6 is 0 Å². The summed E-state index contributed by atoms with van der Waals surface area (Å²) in [4.78, 5) is 0. The Labute approximate surface area is 128 Å². The average molecular weight is 288 g/mol. The van der Waals surface area contributed by atoms with Crippen molar-refractivity contribution >= 4 is 0 Å². The molecular formula is C19H28O2. The van der Waals surface area contributed by atoms with Gasteiger partial charge in [-0.2, -0.15) is 0 Å². The van der Waals surface area contributed by atoms with Crippen molar-refractivity contribution in [1.29, 1.82) is 0 Å². The van der Waals surface area contributed by atoms with Gasteiger partial charge in [-0.05, 0) is 79.3 Å². The van der Waals surface area contributed by atoms with Crippen molar-refractivity contribution in [2.75, 3.05) is 13.2 Å². The zero-order valence-electron chi connectivity index (χ0n) is 13.2. The van der Waals surface area contributed by atoms with E-state index >= 15 is 0 Å². The summed E-state index contributed by atoms with van der Waals surface area (Å²) >= 11 is 0. The Bertz CT molecular complexity index is 478. The number of allylic oxidation sites excluding steroid dienone is 2. The highest BCUT2D eigenvalue weighted by molar-refractivity contribution is 5.40. The number of fused-ring (bicyclic) bond motifs is 5. The van der Waals surface area contributed by atoms with E-state index in [-0.39, 0.29) is 6.10 Å². The molecule has 0 spiro atoms. The maximum atomic E-state index is 9.87. The number of aliphatic hydroxyl groups excluding tert-OH is 1. The first-order chi connectivity index (χ1) is 10.2. The second kappa shape index (κ2) is 5.24. The van der Waals surface area contributed by atoms with E-state index in [1.54, 1.807) is 5.57 Å². The largest absolute Gasteiger partial charge is 0.389 e. The molecule has 0 radical (unpaired) electrons. The van der Waals surface area contributed by atoms with Gasteiger partial charge in [-0.25, -0.2) is 0 Å². The van der Waals surface area contributed by atoms with E-state index in [9.17, 15) is 5.11 Å². The molecule has 1 N–H and O–H groups in total. The van der Waals surface area contributed by atoms with Gasteiger partial charge >= 0.3 is 0 Å². The lowest BCUT2D eigenvalue weighted by atomic mass is 9.53. The van der Waals surface area contributed by atoms with Crippen LogP contribution in [0.2, 0.25) is 0 Å². The smallest absolute Gasteiger partial charge is 0.0761 e. The molecule has 1 aliphatic heterocycles. The molecule has 2 nitrogen and oxygen atoms in total. The van der Waals surface area contributed by atoms with Gasteiger partial charge in [-0.15, -0.1) is 0 Å². The van der Waals surface area contributed by atoms with E-state index in [1.165, 1.54) is 44.1 Å². The van der Waals surface area contributed by atoms with E-state index in [4.69, 9.17) is 4.74 Å². The number of hydrogen-bond acceptors (Lipinski definition) is 2. The summed E-state index contributed by atoms with van der Waals surface area (Å²) in [5.74, 6) is 2.45. The summed E-state index contributed by atoms with van der Waals surface area (Å²) in [6.45, 7) is 4.41. The summed E-state index contributed by atoms with van der Waals surface area (Å²) < 4.78 is 5.91. The summed E-state index contributed by atoms with van der Waals surface area (Å²) in [6, 6.07) is 0. The molecule has 3 fully saturated rings. The Morgan fingerprint density at radius 1 is 1.29 bits per heavy atom. The van der Waals surface area contributed by atoms with Gasteiger partial charge in [0.1, 0.15) is 0 Å². The third kappa shape index (κ3) is 2.31. The highest BCUT2D eigenvalue weighted by atomic mass is 16.5. The van der Waals surface area contributed by atoms with Gasteiger partial charge in [0.05, 0.1) is 12.7 Å². The molecule has 1 heterocycles. The number of hydrogen-bond donors (Lipinski definition) is 1. The lowest BCUT2D eigenvalue weighted by molar-refractivity contribution is -0.0282. The molecule has 0 aromatic heterocycles. The van der Waals surface area contributed by atoms with Crippen LogP contribution in [0.5, 0.6) is 0 Å². The predicted octanol–water partition coefficient (Wildman–Crippen LogP) is 3.86. The van der Waals surface area contributed by atoms with Gasteiger partial charge < -0.3 is 9.84 Å². The Balaban J connectivity index is 1.63. The highest BCUT2D eigenvalue weighted by Crippen LogP contribution is 2.57. The molecule has 4 aliphatic rings. The summed E-state index contributed by atoms with van der Waals surface area (Å²) in [5.41, 5.74) is 3.47. The van der Waals surface area contributed by atoms with E-state index in [1.807, 2.05) is 0 Å². The van der Waals surface area contributed by atoms with Crippen LogP contribution in [0, 0.1) is 23.2 Å². The van der Waals surface area contributed by atoms with Crippen LogP contribution in [-0.4, -0.2) is 24.4 Å². The average Bonchev–Trinajstić information content (AvgIpc) is 2.68. The van der Waals surface area contributed by atoms with Crippen LogP contribution < -0.4 is 0 Å². The summed E-state index contributed by atoms with van der Waals surface area (Å²) in [5, 5.41) is 9.87. The number of rotatable bonds is 0. The Hall–Kier alpha value is -0.600. The standard InChI is InChI=1S/C19H28O2/c1-19-9-8-16-15-7-5-14(20)11-13(15)4-6-17(16)18(19)3-2-10-21-12-19/h7,11,14,16-18,20H,2-6,8-10,12H2,1H3. The van der Waals surface area contributed by atoms with Crippen LogP contribution in [0.4, 0.5) is 0 Å². The van der Waals surface area contributed by atoms with E-state index in [2.05, 4.69) is 19.1 Å². The topological polar surface area (TPSA) is 29.5 Å². The molecule has 5 unspecified atom stereocenters. The van der Waals surface area contributed by atoms with Gasteiger partial charge in [-0.3, -0.25) is 0 Å². The maximum Gasteiger partial charge on any atom is 0.0761 e. The van der Waals surface area contributed by atoms with Crippen molar-refractivity contribution in [2.45, 2.75) is 58.0 Å². The Kier molecular flexibility index (Phi) is 3.50. The summed E-state index contributed by atoms with van der Waals surface area (Å²) in [6.07, 6.45) is 12.8. The minimum atomic E-state index is -0.236. The second-order valence-electron chi connectivity index (χ2n) is 7.96. The van der Waals surface area contributed by atoms with Gasteiger partial charge in [-0.1, -0.05) is 19.1 Å². The SMILES string of the molecule is CC12CCC3C4=CCC(O)C=C4CCC3C1CCCOC2. The molecule has 2 heteroatoms. The van der Waals surface area contributed by atoms with E-state index in [0.29, 0.717) is 5.41 Å². The van der Waals surface area contributed by atoms with Gasteiger partial charge in [0.25, 0.3) is 0 Å². The second-order valence-corrected chi connectivity index (χ2v) is 7.96. The first-order valence-electron chi connectivity index (χ1n) is 8.84. The van der Waals surface area contributed by atoms with Crippen molar-refractivity contribution in [3.63, 3.8) is 0 Å². The van der Waals surface area contributed by atoms with Crippen LogP contribution in [0.25, 0.3) is 0 Å². The summed E-state index contributed by atoms with van der Waals surface area (Å²) in [7, 11) is 0. The fraction of sp³-hybridized carbons (Fsp3) is 0.789. The van der Waals surface area contributed by atoms with Crippen LogP contribution in [0.3, 0.4) is 0 Å². The quantitative estimate of drug-likeness (QED) is 0.733. The Morgan fingerprint density at radius 3 is 3.10 bits per heavy atom. The molecule has 0 amide bonds. The molecule has 1 saturated heterocycles. The minimum absolute atomic E-state index is 0.236. The zero-order chi connectivity index (χ0) is 14.4. The fourth-order valence-corrected chi connectivity index (χ4v) is 5.64. The van der Waals surface area contributed by atoms with Crippen molar-refractivity contribution < 1.29 is 9.84 Å². The predicted molar refractivity (Wildman–Crippen MR) is 83.9 cm³/mol. The molecule has 5 atom stereocenters. The van der Waals surface area contributed by atoms with Crippen molar-refractivity contribution in [1.82, 2.24) is 0 Å². The van der Waals surface area contributed by atoms with E-state index in [0.717, 1.165) is 37.4 Å². The van der Waals surface area contributed by atoms with Crippen molar-refractivity contribution in [2.24, 2.45) is 23.2 Å². The molecule has 21 heavy (non-hydrogen) atoms. The lowest BCUT2D eigenvalue weighted by Crippen LogP contribution is -2.45. The fourth-order valence-electron chi connectivity index (χ4n) is 5.64. The first-order valence-corrected chi connectivity index (χ1v) is 8.84. The number of aliphatic hydroxyl groups is 1. The minimum Gasteiger partial charge on any atom is -0.389 e. The van der Waals surface area contributed by atoms with Crippen molar-refractivity contribution in [3.05, 3.63) is 23.3 Å². The molecule has 0 bridgehead atoms. The van der Waals surface area contributed by atoms with Crippen LogP contribution in [0.15, 0.2) is 23.3 Å². The highest BCUT2D eigenvalue weighted by Gasteiger charge is 2.49. The van der Waals surface area contributed by atoms with Crippen LogP contribution in [0.1, 0.15) is 51.9 Å². The van der Waals surface area contributed by atoms with Crippen LogP contribution in [-0.2, 0) is 4.74 Å². The molecular weight excluding hydrogens is 260 g/mol. The molecule has 0 aromatic carbocycles. The van der Waals surface area contributed by atoms with Gasteiger partial charge in [0.2, 0.25) is 0 Å².